The summed E-state index contributed by atoms with van der Waals surface area (Å²) in [4.78, 5) is 11.4. The molecular formula is C13H17F2NO2S. The molecule has 0 aromatic heterocycles. The molecule has 1 atom stereocenters. The third-order valence-electron chi connectivity index (χ3n) is 3.00. The molecule has 1 aromatic carbocycles. The predicted octanol–water partition coefficient (Wildman–Crippen LogP) is 2.90. The third-order valence-corrected chi connectivity index (χ3v) is 4.13. The predicted molar refractivity (Wildman–Crippen MR) is 71.4 cm³/mol. The van der Waals surface area contributed by atoms with Crippen LogP contribution >= 0.6 is 11.8 Å². The second-order valence-corrected chi connectivity index (χ2v) is 5.55. The van der Waals surface area contributed by atoms with Crippen molar-refractivity contribution in [3.63, 3.8) is 0 Å². The van der Waals surface area contributed by atoms with E-state index in [1.807, 2.05) is 0 Å². The van der Waals surface area contributed by atoms with Gasteiger partial charge in [0.15, 0.2) is 0 Å². The highest BCUT2D eigenvalue weighted by molar-refractivity contribution is 7.99. The average molecular weight is 289 g/mol. The maximum absolute atomic E-state index is 13.3. The van der Waals surface area contributed by atoms with E-state index in [1.54, 1.807) is 14.0 Å². The largest absolute Gasteiger partial charge is 0.480 e. The van der Waals surface area contributed by atoms with Gasteiger partial charge < -0.3 is 10.4 Å². The van der Waals surface area contributed by atoms with Crippen molar-refractivity contribution in [3.8, 4) is 0 Å². The van der Waals surface area contributed by atoms with Crippen LogP contribution in [-0.2, 0) is 4.79 Å². The van der Waals surface area contributed by atoms with Crippen molar-refractivity contribution in [1.82, 2.24) is 5.32 Å². The Morgan fingerprint density at radius 2 is 2.16 bits per heavy atom. The van der Waals surface area contributed by atoms with Crippen molar-refractivity contribution < 1.29 is 18.7 Å². The SMILES string of the molecule is CNC(C)(CCCSc1ccc(F)cc1F)C(=O)O. The van der Waals surface area contributed by atoms with Gasteiger partial charge in [-0.25, -0.2) is 8.78 Å². The van der Waals surface area contributed by atoms with Crippen molar-refractivity contribution in [2.45, 2.75) is 30.2 Å². The number of nitrogens with one attached hydrogen (secondary N) is 1. The number of hydrogen-bond acceptors (Lipinski definition) is 3. The van der Waals surface area contributed by atoms with Crippen LogP contribution in [0.2, 0.25) is 0 Å². The van der Waals surface area contributed by atoms with Crippen LogP contribution in [0.5, 0.6) is 0 Å². The maximum atomic E-state index is 13.3. The Morgan fingerprint density at radius 3 is 2.68 bits per heavy atom. The van der Waals surface area contributed by atoms with Gasteiger partial charge >= 0.3 is 5.97 Å². The third kappa shape index (κ3) is 4.47. The second-order valence-electron chi connectivity index (χ2n) is 4.41. The highest BCUT2D eigenvalue weighted by Crippen LogP contribution is 2.24. The minimum Gasteiger partial charge on any atom is -0.480 e. The van der Waals surface area contributed by atoms with Crippen LogP contribution in [0.15, 0.2) is 23.1 Å². The summed E-state index contributed by atoms with van der Waals surface area (Å²) < 4.78 is 26.0. The highest BCUT2D eigenvalue weighted by atomic mass is 32.2. The summed E-state index contributed by atoms with van der Waals surface area (Å²) in [6.45, 7) is 1.61. The number of hydrogen-bond donors (Lipinski definition) is 2. The van der Waals surface area contributed by atoms with Gasteiger partial charge in [0.05, 0.1) is 0 Å². The molecule has 0 aliphatic carbocycles. The van der Waals surface area contributed by atoms with Crippen molar-refractivity contribution in [1.29, 1.82) is 0 Å². The zero-order chi connectivity index (χ0) is 14.5. The lowest BCUT2D eigenvalue weighted by Crippen LogP contribution is -2.47. The summed E-state index contributed by atoms with van der Waals surface area (Å²) in [5, 5.41) is 11.8. The molecule has 0 bridgehead atoms. The molecule has 0 aliphatic rings. The van der Waals surface area contributed by atoms with Gasteiger partial charge in [-0.3, -0.25) is 4.79 Å². The molecule has 0 spiro atoms. The molecule has 0 heterocycles. The van der Waals surface area contributed by atoms with Gasteiger partial charge in [0, 0.05) is 11.0 Å². The molecule has 106 valence electrons. The Hall–Kier alpha value is -1.14. The van der Waals surface area contributed by atoms with Gasteiger partial charge in [0.2, 0.25) is 0 Å². The first kappa shape index (κ1) is 15.9. The standard InChI is InChI=1S/C13H17F2NO2S/c1-13(16-2,12(17)18)6-3-7-19-11-5-4-9(14)8-10(11)15/h4-5,8,16H,3,6-7H2,1-2H3,(H,17,18). The molecule has 2 N–H and O–H groups in total. The van der Waals surface area contributed by atoms with E-state index in [4.69, 9.17) is 5.11 Å². The van der Waals surface area contributed by atoms with E-state index in [0.29, 0.717) is 23.5 Å². The number of halogens is 2. The van der Waals surface area contributed by atoms with Crippen molar-refractivity contribution in [3.05, 3.63) is 29.8 Å². The zero-order valence-corrected chi connectivity index (χ0v) is 11.7. The number of carboxylic acids is 1. The Bertz CT molecular complexity index is 456. The van der Waals surface area contributed by atoms with Crippen LogP contribution in [-0.4, -0.2) is 29.4 Å². The van der Waals surface area contributed by atoms with E-state index in [-0.39, 0.29) is 0 Å². The van der Waals surface area contributed by atoms with Gasteiger partial charge in [-0.15, -0.1) is 11.8 Å². The lowest BCUT2D eigenvalue weighted by Gasteiger charge is -2.23. The van der Waals surface area contributed by atoms with Gasteiger partial charge in [-0.1, -0.05) is 0 Å². The summed E-state index contributed by atoms with van der Waals surface area (Å²) in [5.74, 6) is -1.52. The topological polar surface area (TPSA) is 49.3 Å². The van der Waals surface area contributed by atoms with Gasteiger partial charge in [-0.2, -0.15) is 0 Å². The van der Waals surface area contributed by atoms with Crippen molar-refractivity contribution in [2.75, 3.05) is 12.8 Å². The van der Waals surface area contributed by atoms with E-state index in [0.717, 1.165) is 6.07 Å². The fourth-order valence-corrected chi connectivity index (χ4v) is 2.41. The fraction of sp³-hybridized carbons (Fsp3) is 0.462. The molecule has 0 aliphatic heterocycles. The first-order chi connectivity index (χ1) is 8.89. The molecule has 1 rings (SSSR count). The Kier molecular flexibility index (Phi) is 5.75. The smallest absolute Gasteiger partial charge is 0.323 e. The van der Waals surface area contributed by atoms with E-state index in [1.165, 1.54) is 23.9 Å². The molecule has 0 saturated heterocycles. The molecule has 6 heteroatoms. The number of rotatable bonds is 7. The molecule has 1 aromatic rings. The number of aliphatic carboxylic acids is 1. The van der Waals surface area contributed by atoms with E-state index in [9.17, 15) is 13.6 Å². The van der Waals surface area contributed by atoms with Crippen molar-refractivity contribution in [2.24, 2.45) is 0 Å². The lowest BCUT2D eigenvalue weighted by atomic mass is 9.97. The van der Waals surface area contributed by atoms with Crippen LogP contribution in [0.4, 0.5) is 8.78 Å². The van der Waals surface area contributed by atoms with Crippen LogP contribution < -0.4 is 5.32 Å². The minimum absolute atomic E-state index is 0.378. The first-order valence-electron chi connectivity index (χ1n) is 5.89. The van der Waals surface area contributed by atoms with Crippen molar-refractivity contribution >= 4 is 17.7 Å². The van der Waals surface area contributed by atoms with E-state index in [2.05, 4.69) is 5.32 Å². The molecule has 0 fully saturated rings. The van der Waals surface area contributed by atoms with Crippen LogP contribution in [0.1, 0.15) is 19.8 Å². The lowest BCUT2D eigenvalue weighted by molar-refractivity contribution is -0.144. The first-order valence-corrected chi connectivity index (χ1v) is 6.88. The zero-order valence-electron chi connectivity index (χ0n) is 10.9. The Balaban J connectivity index is 2.45. The molecule has 0 amide bonds. The summed E-state index contributed by atoms with van der Waals surface area (Å²) >= 11 is 1.26. The summed E-state index contributed by atoms with van der Waals surface area (Å²) in [6, 6.07) is 3.45. The van der Waals surface area contributed by atoms with Gasteiger partial charge in [0.1, 0.15) is 17.2 Å². The number of benzene rings is 1. The number of thioether (sulfide) groups is 1. The molecule has 3 nitrogen and oxygen atoms in total. The quantitative estimate of drug-likeness (QED) is 0.598. The Morgan fingerprint density at radius 1 is 1.47 bits per heavy atom. The van der Waals surface area contributed by atoms with Crippen LogP contribution in [0.25, 0.3) is 0 Å². The number of likely N-dealkylation sites (N-methyl/N-ethyl adjacent to an activating group) is 1. The monoisotopic (exact) mass is 289 g/mol. The summed E-state index contributed by atoms with van der Waals surface area (Å²) in [5.41, 5.74) is -0.970. The highest BCUT2D eigenvalue weighted by Gasteiger charge is 2.30. The number of carboxylic acid groups (broad SMARTS) is 1. The molecule has 1 unspecified atom stereocenters. The average Bonchev–Trinajstić information content (AvgIpc) is 2.36. The van der Waals surface area contributed by atoms with Gasteiger partial charge in [-0.05, 0) is 44.7 Å². The van der Waals surface area contributed by atoms with E-state index >= 15 is 0 Å². The normalized spacial score (nSPS) is 14.1. The number of carbonyl (C=O) groups is 1. The molecule has 19 heavy (non-hydrogen) atoms. The van der Waals surface area contributed by atoms with E-state index < -0.39 is 23.1 Å². The summed E-state index contributed by atoms with van der Waals surface area (Å²) in [6.07, 6.45) is 1.06. The Labute approximate surface area is 115 Å². The minimum atomic E-state index is -0.970. The second kappa shape index (κ2) is 6.86. The molecular weight excluding hydrogens is 272 g/mol. The molecule has 0 saturated carbocycles. The fourth-order valence-electron chi connectivity index (χ4n) is 1.54. The van der Waals surface area contributed by atoms with Gasteiger partial charge in [0.25, 0.3) is 0 Å². The molecule has 0 radical (unpaired) electrons. The maximum Gasteiger partial charge on any atom is 0.323 e. The van der Waals surface area contributed by atoms with Crippen LogP contribution in [0, 0.1) is 11.6 Å². The van der Waals surface area contributed by atoms with Crippen LogP contribution in [0.3, 0.4) is 0 Å². The summed E-state index contributed by atoms with van der Waals surface area (Å²) in [7, 11) is 1.60.